The number of carbonyl (C=O) groups is 1. The smallest absolute Gasteiger partial charge is 0.326 e. The molecule has 5 heteroatoms. The number of carbonyl (C=O) groups excluding carboxylic acids is 1. The second kappa shape index (κ2) is 6.68. The second-order valence-electron chi connectivity index (χ2n) is 5.77. The molecule has 1 rings (SSSR count). The lowest BCUT2D eigenvalue weighted by Gasteiger charge is -2.26. The number of hydrogen-bond donors (Lipinski definition) is 1. The first-order valence-electron chi connectivity index (χ1n) is 6.83. The van der Waals surface area contributed by atoms with Gasteiger partial charge in [-0.3, -0.25) is 4.79 Å². The van der Waals surface area contributed by atoms with E-state index in [4.69, 9.17) is 14.2 Å². The minimum absolute atomic E-state index is 0.110. The van der Waals surface area contributed by atoms with Gasteiger partial charge in [-0.2, -0.15) is 0 Å². The summed E-state index contributed by atoms with van der Waals surface area (Å²) < 4.78 is 16.1. The Morgan fingerprint density at radius 1 is 1.42 bits per heavy atom. The van der Waals surface area contributed by atoms with Crippen LogP contribution in [0.15, 0.2) is 0 Å². The molecular weight excluding hydrogens is 246 g/mol. The maximum Gasteiger partial charge on any atom is 0.326 e. The van der Waals surface area contributed by atoms with Crippen molar-refractivity contribution in [3.63, 3.8) is 0 Å². The molecule has 0 aromatic heterocycles. The van der Waals surface area contributed by atoms with E-state index in [-0.39, 0.29) is 17.7 Å². The van der Waals surface area contributed by atoms with Crippen LogP contribution in [0.2, 0.25) is 0 Å². The molecule has 0 bridgehead atoms. The minimum atomic E-state index is -0.573. The first-order chi connectivity index (χ1) is 8.89. The predicted octanol–water partition coefficient (Wildman–Crippen LogP) is 1.50. The zero-order valence-corrected chi connectivity index (χ0v) is 12.7. The first-order valence-corrected chi connectivity index (χ1v) is 6.83. The van der Waals surface area contributed by atoms with E-state index in [0.717, 1.165) is 19.3 Å². The van der Waals surface area contributed by atoms with Gasteiger partial charge in [0.1, 0.15) is 5.54 Å². The van der Waals surface area contributed by atoms with Gasteiger partial charge < -0.3 is 19.5 Å². The molecule has 0 heterocycles. The van der Waals surface area contributed by atoms with Gasteiger partial charge in [0, 0.05) is 20.1 Å². The van der Waals surface area contributed by atoms with E-state index < -0.39 is 5.54 Å². The van der Waals surface area contributed by atoms with Crippen molar-refractivity contribution in [2.75, 3.05) is 27.9 Å². The first kappa shape index (κ1) is 16.4. The molecule has 1 fully saturated rings. The Kier molecular flexibility index (Phi) is 5.77. The third-order valence-corrected chi connectivity index (χ3v) is 4.13. The van der Waals surface area contributed by atoms with Crippen LogP contribution in [0.25, 0.3) is 0 Å². The summed E-state index contributed by atoms with van der Waals surface area (Å²) in [5.74, 6) is -0.196. The summed E-state index contributed by atoms with van der Waals surface area (Å²) >= 11 is 0. The number of esters is 1. The van der Waals surface area contributed by atoms with E-state index in [1.165, 1.54) is 7.11 Å². The summed E-state index contributed by atoms with van der Waals surface area (Å²) in [5, 5.41) is 3.10. The van der Waals surface area contributed by atoms with Gasteiger partial charge in [0.05, 0.1) is 18.8 Å². The van der Waals surface area contributed by atoms with E-state index in [1.54, 1.807) is 14.2 Å². The molecule has 0 aliphatic heterocycles. The Balaban J connectivity index is 2.42. The van der Waals surface area contributed by atoms with Crippen LogP contribution in [0.4, 0.5) is 0 Å². The average Bonchev–Trinajstić information content (AvgIpc) is 2.82. The summed E-state index contributed by atoms with van der Waals surface area (Å²) in [7, 11) is 4.93. The van der Waals surface area contributed by atoms with Crippen molar-refractivity contribution in [3.05, 3.63) is 0 Å². The van der Waals surface area contributed by atoms with Crippen molar-refractivity contribution in [3.8, 4) is 0 Å². The second-order valence-corrected chi connectivity index (χ2v) is 5.77. The van der Waals surface area contributed by atoms with Crippen LogP contribution in [0.3, 0.4) is 0 Å². The number of ether oxygens (including phenoxy) is 3. The van der Waals surface area contributed by atoms with Crippen LogP contribution < -0.4 is 5.32 Å². The van der Waals surface area contributed by atoms with Gasteiger partial charge in [0.15, 0.2) is 0 Å². The predicted molar refractivity (Wildman–Crippen MR) is 73.1 cm³/mol. The Bertz CT molecular complexity index is 306. The quantitative estimate of drug-likeness (QED) is 0.712. The van der Waals surface area contributed by atoms with Gasteiger partial charge in [-0.05, 0) is 40.2 Å². The van der Waals surface area contributed by atoms with Crippen molar-refractivity contribution in [2.24, 2.45) is 0 Å². The van der Waals surface area contributed by atoms with Crippen molar-refractivity contribution >= 4 is 5.97 Å². The van der Waals surface area contributed by atoms with Crippen LogP contribution in [0.1, 0.15) is 39.5 Å². The Hall–Kier alpha value is -0.650. The Morgan fingerprint density at radius 3 is 2.63 bits per heavy atom. The molecule has 0 amide bonds. The van der Waals surface area contributed by atoms with E-state index in [9.17, 15) is 4.79 Å². The minimum Gasteiger partial charge on any atom is -0.468 e. The van der Waals surface area contributed by atoms with Crippen molar-refractivity contribution in [1.82, 2.24) is 5.32 Å². The molecule has 5 nitrogen and oxygen atoms in total. The lowest BCUT2D eigenvalue weighted by atomic mass is 9.98. The molecule has 1 saturated carbocycles. The zero-order valence-electron chi connectivity index (χ0n) is 12.7. The molecule has 0 aromatic rings. The molecule has 0 spiro atoms. The largest absolute Gasteiger partial charge is 0.468 e. The van der Waals surface area contributed by atoms with Gasteiger partial charge >= 0.3 is 5.97 Å². The number of nitrogens with one attached hydrogen (secondary N) is 1. The van der Waals surface area contributed by atoms with Gasteiger partial charge in [0.2, 0.25) is 0 Å². The molecule has 2 atom stereocenters. The third-order valence-electron chi connectivity index (χ3n) is 4.13. The highest BCUT2D eigenvalue weighted by Crippen LogP contribution is 2.33. The van der Waals surface area contributed by atoms with Gasteiger partial charge in [-0.25, -0.2) is 0 Å². The summed E-state index contributed by atoms with van der Waals surface area (Å²) in [6, 6.07) is 0. The summed E-state index contributed by atoms with van der Waals surface area (Å²) in [4.78, 5) is 11.8. The molecule has 2 unspecified atom stereocenters. The van der Waals surface area contributed by atoms with Gasteiger partial charge in [-0.15, -0.1) is 0 Å². The summed E-state index contributed by atoms with van der Waals surface area (Å²) in [6.45, 7) is 4.72. The summed E-state index contributed by atoms with van der Waals surface area (Å²) in [6.07, 6.45) is 3.26. The van der Waals surface area contributed by atoms with Crippen LogP contribution >= 0.6 is 0 Å². The highest BCUT2D eigenvalue weighted by molar-refractivity contribution is 5.81. The van der Waals surface area contributed by atoms with Crippen molar-refractivity contribution in [1.29, 1.82) is 0 Å². The highest BCUT2D eigenvalue weighted by atomic mass is 16.5. The average molecular weight is 273 g/mol. The van der Waals surface area contributed by atoms with E-state index >= 15 is 0 Å². The molecule has 1 aliphatic carbocycles. The molecule has 112 valence electrons. The number of hydrogen-bond acceptors (Lipinski definition) is 5. The lowest BCUT2D eigenvalue weighted by Crippen LogP contribution is -2.49. The number of rotatable bonds is 7. The fourth-order valence-electron chi connectivity index (χ4n) is 2.43. The molecule has 1 aliphatic rings. The molecular formula is C14H27NO4. The molecule has 0 radical (unpaired) electrons. The van der Waals surface area contributed by atoms with Crippen molar-refractivity contribution in [2.45, 2.75) is 56.8 Å². The standard InChI is InChI=1S/C14H27NO4/c1-13(2,18-5)8-9-19-11-6-7-14(10-11,15-3)12(16)17-4/h11,15H,6-10H2,1-5H3. The Labute approximate surface area is 116 Å². The van der Waals surface area contributed by atoms with Gasteiger partial charge in [0.25, 0.3) is 0 Å². The molecule has 1 N–H and O–H groups in total. The van der Waals surface area contributed by atoms with Crippen LogP contribution in [0, 0.1) is 0 Å². The van der Waals surface area contributed by atoms with E-state index in [1.807, 2.05) is 13.8 Å². The maximum absolute atomic E-state index is 11.8. The van der Waals surface area contributed by atoms with Crippen LogP contribution in [0.5, 0.6) is 0 Å². The van der Waals surface area contributed by atoms with Gasteiger partial charge in [-0.1, -0.05) is 0 Å². The van der Waals surface area contributed by atoms with E-state index in [0.29, 0.717) is 13.0 Å². The number of likely N-dealkylation sites (N-methyl/N-ethyl adjacent to an activating group) is 1. The van der Waals surface area contributed by atoms with Crippen LogP contribution in [-0.4, -0.2) is 51.1 Å². The normalized spacial score (nSPS) is 27.5. The third kappa shape index (κ3) is 4.16. The fraction of sp³-hybridized carbons (Fsp3) is 0.929. The van der Waals surface area contributed by atoms with Crippen molar-refractivity contribution < 1.29 is 19.0 Å². The zero-order chi connectivity index (χ0) is 14.5. The topological polar surface area (TPSA) is 56.8 Å². The fourth-order valence-corrected chi connectivity index (χ4v) is 2.43. The lowest BCUT2D eigenvalue weighted by molar-refractivity contribution is -0.148. The molecule has 0 saturated heterocycles. The number of methoxy groups -OCH3 is 2. The molecule has 0 aromatic carbocycles. The highest BCUT2D eigenvalue weighted by Gasteiger charge is 2.45. The molecule has 19 heavy (non-hydrogen) atoms. The maximum atomic E-state index is 11.8. The van der Waals surface area contributed by atoms with Crippen LogP contribution in [-0.2, 0) is 19.0 Å². The Morgan fingerprint density at radius 2 is 2.11 bits per heavy atom. The SMILES string of the molecule is CNC1(C(=O)OC)CCC(OCCC(C)(C)OC)C1. The summed E-state index contributed by atoms with van der Waals surface area (Å²) in [5.41, 5.74) is -0.739. The monoisotopic (exact) mass is 273 g/mol. The van der Waals surface area contributed by atoms with E-state index in [2.05, 4.69) is 5.32 Å².